The molecule has 0 nitrogen and oxygen atoms in total. The summed E-state index contributed by atoms with van der Waals surface area (Å²) in [6, 6.07) is 33.5. The van der Waals surface area contributed by atoms with Gasteiger partial charge in [0, 0.05) is 36.3 Å². The van der Waals surface area contributed by atoms with Crippen LogP contribution in [0.25, 0.3) is 74.4 Å². The topological polar surface area (TPSA) is 0 Å². The van der Waals surface area contributed by atoms with Crippen LogP contribution in [0.5, 0.6) is 0 Å². The van der Waals surface area contributed by atoms with Gasteiger partial charge in [-0.25, -0.2) is 0 Å². The summed E-state index contributed by atoms with van der Waals surface area (Å²) in [5.41, 5.74) is 6.56. The first-order valence-electron chi connectivity index (χ1n) is 14.1. The van der Waals surface area contributed by atoms with Gasteiger partial charge in [-0.05, 0) is 98.4 Å². The summed E-state index contributed by atoms with van der Waals surface area (Å²) in [5, 5.41) is 18.1. The Morgan fingerprint density at radius 3 is 1.71 bits per heavy atom. The number of hydrogen-bond acceptors (Lipinski definition) is 2. The molecule has 0 aliphatic rings. The molecule has 0 spiro atoms. The van der Waals surface area contributed by atoms with Gasteiger partial charge in [-0.2, -0.15) is 0 Å². The molecule has 8 aromatic rings. The Morgan fingerprint density at radius 1 is 0.561 bits per heavy atom. The molecule has 0 N–H and O–H groups in total. The standard InChI is InChI=1S/C39H28S2/c1-4-12-26(25-13-6-5-7-14-25)23(2)33-24(3)34-36(30-18-11-9-16-28(30)31-19-21-40-38(31)34)37-35(33)29-17-10-8-15-27(29)32-20-22-41-39(32)37/h4-22H,1-3H3/b12-4-,26-23-. The number of allylic oxidation sites excluding steroid dienone is 4. The maximum absolute atomic E-state index is 2.36. The number of benzene rings is 6. The lowest BCUT2D eigenvalue weighted by Crippen LogP contribution is -1.97. The highest BCUT2D eigenvalue weighted by molar-refractivity contribution is 7.19. The van der Waals surface area contributed by atoms with Crippen molar-refractivity contribution in [2.45, 2.75) is 20.8 Å². The number of thiophene rings is 2. The zero-order valence-electron chi connectivity index (χ0n) is 23.3. The Morgan fingerprint density at radius 2 is 1.10 bits per heavy atom. The van der Waals surface area contributed by atoms with Crippen LogP contribution in [0.1, 0.15) is 30.5 Å². The minimum atomic E-state index is 1.25. The molecule has 2 heteroatoms. The molecule has 0 aliphatic heterocycles. The maximum atomic E-state index is 2.36. The van der Waals surface area contributed by atoms with Gasteiger partial charge in [0.05, 0.1) is 0 Å². The molecular weight excluding hydrogens is 533 g/mol. The Labute approximate surface area is 247 Å². The van der Waals surface area contributed by atoms with Crippen LogP contribution in [-0.2, 0) is 0 Å². The van der Waals surface area contributed by atoms with Crippen molar-refractivity contribution in [2.24, 2.45) is 0 Å². The summed E-state index contributed by atoms with van der Waals surface area (Å²) in [5.74, 6) is 0. The third kappa shape index (κ3) is 3.45. The van der Waals surface area contributed by atoms with Crippen LogP contribution in [0, 0.1) is 6.92 Å². The zero-order chi connectivity index (χ0) is 27.7. The first kappa shape index (κ1) is 24.5. The fraction of sp³-hybridized carbons (Fsp3) is 0.0769. The van der Waals surface area contributed by atoms with E-state index in [0.29, 0.717) is 0 Å². The van der Waals surface area contributed by atoms with Crippen molar-refractivity contribution in [2.75, 3.05) is 0 Å². The molecule has 0 fully saturated rings. The van der Waals surface area contributed by atoms with Crippen molar-refractivity contribution in [1.82, 2.24) is 0 Å². The van der Waals surface area contributed by atoms with Crippen molar-refractivity contribution in [3.05, 3.63) is 131 Å². The van der Waals surface area contributed by atoms with Gasteiger partial charge < -0.3 is 0 Å². The second kappa shape index (κ2) is 9.41. The number of rotatable bonds is 3. The van der Waals surface area contributed by atoms with Gasteiger partial charge in [0.1, 0.15) is 0 Å². The second-order valence-electron chi connectivity index (χ2n) is 10.8. The summed E-state index contributed by atoms with van der Waals surface area (Å²) in [7, 11) is 0. The van der Waals surface area contributed by atoms with Gasteiger partial charge in [0.15, 0.2) is 0 Å². The molecule has 6 aromatic carbocycles. The highest BCUT2D eigenvalue weighted by Gasteiger charge is 2.24. The summed E-state index contributed by atoms with van der Waals surface area (Å²) < 4.78 is 2.77. The van der Waals surface area contributed by atoms with E-state index >= 15 is 0 Å². The number of aryl methyl sites for hydroxylation is 1. The zero-order valence-corrected chi connectivity index (χ0v) is 24.9. The predicted molar refractivity (Wildman–Crippen MR) is 186 cm³/mol. The largest absolute Gasteiger partial charge is 0.143 e. The van der Waals surface area contributed by atoms with Crippen LogP contribution in [0.15, 0.2) is 114 Å². The van der Waals surface area contributed by atoms with Crippen LogP contribution >= 0.6 is 22.7 Å². The van der Waals surface area contributed by atoms with E-state index in [9.17, 15) is 0 Å². The Hall–Kier alpha value is -4.24. The lowest BCUT2D eigenvalue weighted by atomic mass is 9.82. The normalized spacial score (nSPS) is 13.0. The molecule has 2 aromatic heterocycles. The highest BCUT2D eigenvalue weighted by atomic mass is 32.1. The van der Waals surface area contributed by atoms with Gasteiger partial charge >= 0.3 is 0 Å². The molecule has 0 saturated heterocycles. The minimum Gasteiger partial charge on any atom is -0.143 e. The molecule has 2 heterocycles. The second-order valence-corrected chi connectivity index (χ2v) is 12.7. The van der Waals surface area contributed by atoms with Crippen molar-refractivity contribution in [3.63, 3.8) is 0 Å². The fourth-order valence-electron chi connectivity index (χ4n) is 7.05. The molecule has 0 aliphatic carbocycles. The molecule has 196 valence electrons. The van der Waals surface area contributed by atoms with E-state index < -0.39 is 0 Å². The predicted octanol–water partition coefficient (Wildman–Crippen LogP) is 12.5. The third-order valence-corrected chi connectivity index (χ3v) is 10.6. The van der Waals surface area contributed by atoms with Gasteiger partial charge in [0.2, 0.25) is 0 Å². The molecule has 0 radical (unpaired) electrons. The highest BCUT2D eigenvalue weighted by Crippen LogP contribution is 2.51. The van der Waals surface area contributed by atoms with E-state index in [2.05, 4.69) is 135 Å². The van der Waals surface area contributed by atoms with Crippen molar-refractivity contribution in [3.8, 4) is 0 Å². The van der Waals surface area contributed by atoms with Crippen molar-refractivity contribution >= 4 is 97.1 Å². The van der Waals surface area contributed by atoms with E-state index in [1.165, 1.54) is 91.1 Å². The maximum Gasteiger partial charge on any atom is 0.0434 e. The summed E-state index contributed by atoms with van der Waals surface area (Å²) in [6.45, 7) is 6.81. The molecular formula is C39H28S2. The van der Waals surface area contributed by atoms with Gasteiger partial charge in [-0.15, -0.1) is 22.7 Å². The summed E-state index contributed by atoms with van der Waals surface area (Å²) in [6.07, 6.45) is 4.46. The van der Waals surface area contributed by atoms with Gasteiger partial charge in [-0.1, -0.05) is 91.0 Å². The SMILES string of the molecule is C/C=C\C(=C(/C)c1c(C)c2c3sccc3c3ccccc3c2c2c3sccc3c3ccccc3c12)c1ccccc1. The molecule has 0 unspecified atom stereocenters. The van der Waals surface area contributed by atoms with Gasteiger partial charge in [0.25, 0.3) is 0 Å². The van der Waals surface area contributed by atoms with Crippen LogP contribution in [-0.4, -0.2) is 0 Å². The van der Waals surface area contributed by atoms with Crippen LogP contribution in [0.3, 0.4) is 0 Å². The average Bonchev–Trinajstić information content (AvgIpc) is 3.71. The van der Waals surface area contributed by atoms with Crippen molar-refractivity contribution in [1.29, 1.82) is 0 Å². The molecule has 0 saturated carbocycles. The minimum absolute atomic E-state index is 1.25. The molecule has 0 bridgehead atoms. The number of hydrogen-bond donors (Lipinski definition) is 0. The Bertz CT molecular complexity index is 2380. The number of fused-ring (bicyclic) bond motifs is 13. The van der Waals surface area contributed by atoms with Crippen LogP contribution in [0.2, 0.25) is 0 Å². The fourth-order valence-corrected chi connectivity index (χ4v) is 9.04. The smallest absolute Gasteiger partial charge is 0.0434 e. The van der Waals surface area contributed by atoms with Gasteiger partial charge in [-0.3, -0.25) is 0 Å². The van der Waals surface area contributed by atoms with E-state index in [1.54, 1.807) is 0 Å². The summed E-state index contributed by atoms with van der Waals surface area (Å²) in [4.78, 5) is 0. The summed E-state index contributed by atoms with van der Waals surface area (Å²) >= 11 is 3.75. The first-order valence-corrected chi connectivity index (χ1v) is 15.9. The van der Waals surface area contributed by atoms with E-state index in [-0.39, 0.29) is 0 Å². The van der Waals surface area contributed by atoms with Crippen molar-refractivity contribution < 1.29 is 0 Å². The average molecular weight is 561 g/mol. The quantitative estimate of drug-likeness (QED) is 0.114. The molecule has 8 rings (SSSR count). The molecule has 41 heavy (non-hydrogen) atoms. The lowest BCUT2D eigenvalue weighted by molar-refractivity contribution is 1.49. The van der Waals surface area contributed by atoms with E-state index in [0.717, 1.165) is 0 Å². The molecule has 0 amide bonds. The van der Waals surface area contributed by atoms with Crippen LogP contribution < -0.4 is 0 Å². The van der Waals surface area contributed by atoms with E-state index in [4.69, 9.17) is 0 Å². The van der Waals surface area contributed by atoms with Crippen LogP contribution in [0.4, 0.5) is 0 Å². The molecule has 0 atom stereocenters. The lowest BCUT2D eigenvalue weighted by Gasteiger charge is -2.22. The first-order chi connectivity index (χ1) is 20.2. The Balaban J connectivity index is 1.75. The third-order valence-electron chi connectivity index (χ3n) is 8.70. The monoisotopic (exact) mass is 560 g/mol. The van der Waals surface area contributed by atoms with E-state index in [1.807, 2.05) is 22.7 Å². The Kier molecular flexibility index (Phi) is 5.63.